The van der Waals surface area contributed by atoms with Gasteiger partial charge in [0, 0.05) is 23.6 Å². The van der Waals surface area contributed by atoms with Gasteiger partial charge in [-0.3, -0.25) is 9.10 Å². The number of nitrogens with one attached hydrogen (secondary N) is 2. The van der Waals surface area contributed by atoms with E-state index in [1.54, 1.807) is 37.3 Å². The zero-order valence-electron chi connectivity index (χ0n) is 22.3. The minimum atomic E-state index is -4.22. The summed E-state index contributed by atoms with van der Waals surface area (Å²) in [7, 11) is -5.40. The van der Waals surface area contributed by atoms with Gasteiger partial charge in [-0.15, -0.1) is 0 Å². The van der Waals surface area contributed by atoms with Gasteiger partial charge in [0.15, 0.2) is 0 Å². The van der Waals surface area contributed by atoms with Crippen molar-refractivity contribution in [2.45, 2.75) is 16.7 Å². The van der Waals surface area contributed by atoms with Gasteiger partial charge in [-0.25, -0.2) is 31.5 Å². The van der Waals surface area contributed by atoms with E-state index in [0.717, 1.165) is 4.31 Å². The largest absolute Gasteiger partial charge is 0.497 e. The maximum Gasteiger partial charge on any atom is 0.264 e. The van der Waals surface area contributed by atoms with Crippen molar-refractivity contribution in [2.75, 3.05) is 35.1 Å². The lowest BCUT2D eigenvalue weighted by molar-refractivity contribution is -0.114. The molecule has 0 aliphatic carbocycles. The molecule has 14 heteroatoms. The van der Waals surface area contributed by atoms with Crippen LogP contribution >= 0.6 is 0 Å². The fraction of sp³-hybridized carbons (Fsp3) is 0.148. The molecule has 1 aromatic heterocycles. The summed E-state index contributed by atoms with van der Waals surface area (Å²) in [6, 6.07) is 19.2. The summed E-state index contributed by atoms with van der Waals surface area (Å²) in [5.41, 5.74) is 0.929. The molecule has 0 atom stereocenters. The lowest BCUT2D eigenvalue weighted by atomic mass is 10.2. The minimum Gasteiger partial charge on any atom is -0.497 e. The van der Waals surface area contributed by atoms with Crippen LogP contribution in [0.15, 0.2) is 94.9 Å². The number of aryl methyl sites for hydroxylation is 1. The molecule has 3 aromatic carbocycles. The van der Waals surface area contributed by atoms with E-state index in [9.17, 15) is 21.6 Å². The zero-order chi connectivity index (χ0) is 29.6. The number of sulfonamides is 2. The van der Waals surface area contributed by atoms with Crippen LogP contribution in [0, 0.1) is 6.92 Å². The predicted molar refractivity (Wildman–Crippen MR) is 153 cm³/mol. The maximum absolute atomic E-state index is 13.7. The highest BCUT2D eigenvalue weighted by Crippen LogP contribution is 2.35. The summed E-state index contributed by atoms with van der Waals surface area (Å²) in [5, 5.41) is 2.61. The molecule has 214 valence electrons. The molecule has 0 bridgehead atoms. The second kappa shape index (κ2) is 12.2. The van der Waals surface area contributed by atoms with Gasteiger partial charge in [0.05, 0.1) is 29.7 Å². The van der Waals surface area contributed by atoms with Crippen molar-refractivity contribution in [2.24, 2.45) is 0 Å². The average Bonchev–Trinajstić information content (AvgIpc) is 2.96. The van der Waals surface area contributed by atoms with E-state index in [2.05, 4.69) is 20.0 Å². The Hall–Kier alpha value is -4.69. The van der Waals surface area contributed by atoms with E-state index in [-0.39, 0.29) is 32.9 Å². The number of benzene rings is 3. The maximum atomic E-state index is 13.7. The molecular weight excluding hydrogens is 570 g/mol. The van der Waals surface area contributed by atoms with E-state index < -0.39 is 32.5 Å². The Morgan fingerprint density at radius 1 is 0.878 bits per heavy atom. The van der Waals surface area contributed by atoms with Crippen molar-refractivity contribution in [3.8, 4) is 11.5 Å². The highest BCUT2D eigenvalue weighted by atomic mass is 32.2. The Bertz CT molecular complexity index is 1750. The van der Waals surface area contributed by atoms with Gasteiger partial charge in [-0.2, -0.15) is 0 Å². The van der Waals surface area contributed by atoms with Crippen molar-refractivity contribution < 1.29 is 31.1 Å². The lowest BCUT2D eigenvalue weighted by Gasteiger charge is -2.26. The number of hydrogen-bond acceptors (Lipinski definition) is 9. The molecule has 41 heavy (non-hydrogen) atoms. The third-order valence-electron chi connectivity index (χ3n) is 5.74. The Balaban J connectivity index is 1.59. The normalized spacial score (nSPS) is 11.4. The van der Waals surface area contributed by atoms with E-state index in [0.29, 0.717) is 11.4 Å². The van der Waals surface area contributed by atoms with Gasteiger partial charge < -0.3 is 14.8 Å². The number of rotatable bonds is 11. The van der Waals surface area contributed by atoms with Crippen molar-refractivity contribution in [1.82, 2.24) is 9.97 Å². The third-order valence-corrected chi connectivity index (χ3v) is 8.86. The first-order chi connectivity index (χ1) is 19.5. The zero-order valence-corrected chi connectivity index (χ0v) is 23.9. The van der Waals surface area contributed by atoms with Gasteiger partial charge in [0.1, 0.15) is 18.0 Å². The Labute approximate surface area is 238 Å². The molecule has 0 radical (unpaired) electrons. The van der Waals surface area contributed by atoms with Crippen LogP contribution in [0.25, 0.3) is 0 Å². The molecule has 1 heterocycles. The Morgan fingerprint density at radius 2 is 1.59 bits per heavy atom. The number of anilines is 3. The Morgan fingerprint density at radius 3 is 2.22 bits per heavy atom. The quantitative estimate of drug-likeness (QED) is 0.264. The van der Waals surface area contributed by atoms with E-state index >= 15 is 0 Å². The third kappa shape index (κ3) is 6.91. The summed E-state index contributed by atoms with van der Waals surface area (Å²) in [5.74, 6) is -0.194. The summed E-state index contributed by atoms with van der Waals surface area (Å²) in [4.78, 5) is 21.0. The number of methoxy groups -OCH3 is 2. The molecule has 0 fully saturated rings. The average molecular weight is 598 g/mol. The van der Waals surface area contributed by atoms with Crippen molar-refractivity contribution in [1.29, 1.82) is 0 Å². The number of carbonyl (C=O) groups is 1. The molecule has 0 saturated carbocycles. The molecule has 0 spiro atoms. The van der Waals surface area contributed by atoms with Gasteiger partial charge in [-0.1, -0.05) is 18.2 Å². The van der Waals surface area contributed by atoms with E-state index in [1.165, 1.54) is 68.9 Å². The van der Waals surface area contributed by atoms with Crippen molar-refractivity contribution in [3.05, 3.63) is 90.8 Å². The minimum absolute atomic E-state index is 0.0303. The van der Waals surface area contributed by atoms with E-state index in [1.807, 2.05) is 0 Å². The molecule has 1 amide bonds. The molecule has 0 saturated heterocycles. The first kappa shape index (κ1) is 29.3. The van der Waals surface area contributed by atoms with Crippen LogP contribution in [0.1, 0.15) is 5.69 Å². The van der Waals surface area contributed by atoms with Gasteiger partial charge in [-0.05, 0) is 61.5 Å². The molecule has 0 aliphatic heterocycles. The number of aromatic nitrogens is 2. The molecule has 4 rings (SSSR count). The van der Waals surface area contributed by atoms with Crippen LogP contribution in [0.4, 0.5) is 17.3 Å². The molecular formula is C27H27N5O7S2. The van der Waals surface area contributed by atoms with Crippen LogP contribution in [0.2, 0.25) is 0 Å². The van der Waals surface area contributed by atoms with Crippen molar-refractivity contribution in [3.63, 3.8) is 0 Å². The number of ether oxygens (including phenoxy) is 2. The van der Waals surface area contributed by atoms with E-state index in [4.69, 9.17) is 9.47 Å². The SMILES string of the molecule is COc1ccc(OC)c(N(CC(=O)Nc2ccc(S(=O)(=O)Nc3nccc(C)n3)cc2)S(=O)(=O)c2ccccc2)c1. The van der Waals surface area contributed by atoms with Gasteiger partial charge in [0.2, 0.25) is 11.9 Å². The summed E-state index contributed by atoms with van der Waals surface area (Å²) >= 11 is 0. The van der Waals surface area contributed by atoms with Crippen LogP contribution in [-0.4, -0.2) is 53.5 Å². The monoisotopic (exact) mass is 597 g/mol. The standard InChI is InChI=1S/C27H27N5O7S2/c1-19-15-16-28-27(29-19)31-40(34,35)22-12-9-20(10-13-22)30-26(33)18-32(41(36,37)23-7-5-4-6-8-23)24-17-21(38-2)11-14-25(24)39-3/h4-17H,18H2,1-3H3,(H,30,33)(H,28,29,31). The highest BCUT2D eigenvalue weighted by molar-refractivity contribution is 7.93. The smallest absolute Gasteiger partial charge is 0.264 e. The summed E-state index contributed by atoms with van der Waals surface area (Å²) in [6.45, 7) is 1.08. The van der Waals surface area contributed by atoms with Gasteiger partial charge in [0.25, 0.3) is 20.0 Å². The van der Waals surface area contributed by atoms with Crippen LogP contribution in [0.5, 0.6) is 11.5 Å². The second-order valence-electron chi connectivity index (χ2n) is 8.56. The fourth-order valence-electron chi connectivity index (χ4n) is 3.74. The number of carbonyl (C=O) groups excluding carboxylic acids is 1. The van der Waals surface area contributed by atoms with Crippen molar-refractivity contribution >= 4 is 43.3 Å². The molecule has 0 unspecified atom stereocenters. The molecule has 4 aromatic rings. The van der Waals surface area contributed by atoms with Gasteiger partial charge >= 0.3 is 0 Å². The molecule has 12 nitrogen and oxygen atoms in total. The summed E-state index contributed by atoms with van der Waals surface area (Å²) < 4.78 is 66.7. The second-order valence-corrected chi connectivity index (χ2v) is 12.1. The lowest BCUT2D eigenvalue weighted by Crippen LogP contribution is -2.38. The number of amides is 1. The first-order valence-corrected chi connectivity index (χ1v) is 15.0. The Kier molecular flexibility index (Phi) is 8.74. The first-order valence-electron chi connectivity index (χ1n) is 12.1. The van der Waals surface area contributed by atoms with Crippen LogP contribution < -0.4 is 23.8 Å². The number of hydrogen-bond donors (Lipinski definition) is 2. The molecule has 2 N–H and O–H groups in total. The molecule has 0 aliphatic rings. The summed E-state index contributed by atoms with van der Waals surface area (Å²) in [6.07, 6.45) is 1.43. The number of nitrogens with zero attached hydrogens (tertiary/aromatic N) is 3. The topological polar surface area (TPSA) is 157 Å². The highest BCUT2D eigenvalue weighted by Gasteiger charge is 2.30. The predicted octanol–water partition coefficient (Wildman–Crippen LogP) is 3.44. The van der Waals surface area contributed by atoms with Crippen LogP contribution in [0.3, 0.4) is 0 Å². The van der Waals surface area contributed by atoms with Crippen LogP contribution in [-0.2, 0) is 24.8 Å². The fourth-order valence-corrected chi connectivity index (χ4v) is 6.13.